The van der Waals surface area contributed by atoms with Crippen LogP contribution in [0.4, 0.5) is 0 Å². The number of nitrogens with zero attached hydrogens (tertiary/aromatic N) is 2. The third-order valence-electron chi connectivity index (χ3n) is 25.9. The van der Waals surface area contributed by atoms with E-state index in [1.54, 1.807) is 11.3 Å². The Bertz CT molecular complexity index is 7410. The molecule has 2 nitrogen and oxygen atoms in total. The lowest BCUT2D eigenvalue weighted by molar-refractivity contribution is 1.30. The summed E-state index contributed by atoms with van der Waals surface area (Å²) in [5.74, 6) is 0. The van der Waals surface area contributed by atoms with Crippen molar-refractivity contribution in [1.82, 2.24) is 9.97 Å². The van der Waals surface area contributed by atoms with Gasteiger partial charge in [-0.3, -0.25) is 0 Å². The minimum Gasteiger partial charge on any atom is -0.242 e. The first-order valence-electron chi connectivity index (χ1n) is 46.8. The Morgan fingerprint density at radius 1 is 0.109 bits per heavy atom. The second-order valence-electron chi connectivity index (χ2n) is 34.4. The van der Waals surface area contributed by atoms with Crippen LogP contribution < -0.4 is 0 Å². The lowest BCUT2D eigenvalue weighted by atomic mass is 9.85. The molecule has 20 aromatic carbocycles. The fourth-order valence-electron chi connectivity index (χ4n) is 19.2. The summed E-state index contributed by atoms with van der Waals surface area (Å²) in [4.78, 5) is 14.1. The van der Waals surface area contributed by atoms with E-state index >= 15 is 0 Å². The summed E-state index contributed by atoms with van der Waals surface area (Å²) in [6.07, 6.45) is 0. The molecule has 0 atom stereocenters. The average molecular weight is 1760 g/mol. The van der Waals surface area contributed by atoms with Crippen molar-refractivity contribution in [2.24, 2.45) is 0 Å². The number of aromatic nitrogens is 2. The smallest absolute Gasteiger partial charge is 0.109 e. The molecular weight excluding hydrogens is 1670 g/mol. The van der Waals surface area contributed by atoms with Crippen LogP contribution in [-0.2, 0) is 0 Å². The van der Waals surface area contributed by atoms with Crippen molar-refractivity contribution in [3.63, 3.8) is 0 Å². The molecule has 0 bridgehead atoms. The van der Waals surface area contributed by atoms with Crippen LogP contribution in [0.3, 0.4) is 0 Å². The van der Waals surface area contributed by atoms with E-state index in [1.165, 1.54) is 44.6 Å². The summed E-state index contributed by atoms with van der Waals surface area (Å²) in [7, 11) is 0. The minimum atomic E-state index is 0.786. The van der Waals surface area contributed by atoms with E-state index in [2.05, 4.69) is 558 Å². The Kier molecular flexibility index (Phi) is 24.4. The van der Waals surface area contributed by atoms with Crippen molar-refractivity contribution in [2.75, 3.05) is 0 Å². The van der Waals surface area contributed by atoms with Crippen molar-refractivity contribution in [2.45, 2.75) is 0 Å². The molecular formula is C134H92N2S. The summed E-state index contributed by atoms with van der Waals surface area (Å²) in [6, 6.07) is 202. The highest BCUT2D eigenvalue weighted by Crippen LogP contribution is 2.49. The summed E-state index contributed by atoms with van der Waals surface area (Å²) in [6.45, 7) is 0. The fourth-order valence-corrected chi connectivity index (χ4v) is 20.4. The van der Waals surface area contributed by atoms with E-state index in [0.29, 0.717) is 0 Å². The SMILES string of the molecule is c1ccc(C(=C(c2ccccc2)c2ccc(-c3ccc(-c4nc5c(-c6ccc(-c7ccc(C(=C(c8ccccc8)c8ccccc8)c8ccccc8)cc7)cc6)sc(-c6ccc(-c7ccc(C(=C(c8ccccc8)c8ccccc8)c8ccccc8)cc7)cc6)c5nc4-c4ccc(-c5ccc(C(=C(c6ccccc6)c6ccccc6)c6ccccc6)cc5)cc4)cc3)cc2)c2ccccc2)cc1. The topological polar surface area (TPSA) is 25.8 Å². The van der Waals surface area contributed by atoms with E-state index in [0.717, 1.165) is 188 Å². The molecule has 0 saturated carbocycles. The first kappa shape index (κ1) is 84.9. The summed E-state index contributed by atoms with van der Waals surface area (Å²) in [5, 5.41) is 0. The van der Waals surface area contributed by atoms with Crippen molar-refractivity contribution in [1.29, 1.82) is 0 Å². The lowest BCUT2D eigenvalue weighted by Crippen LogP contribution is -1.97. The summed E-state index contributed by atoms with van der Waals surface area (Å²) >= 11 is 1.75. The van der Waals surface area contributed by atoms with Gasteiger partial charge in [-0.2, -0.15) is 0 Å². The summed E-state index contributed by atoms with van der Waals surface area (Å²) in [5.41, 5.74) is 43.9. The molecule has 644 valence electrons. The monoisotopic (exact) mass is 1760 g/mol. The first-order valence-corrected chi connectivity index (χ1v) is 47.6. The molecule has 0 spiro atoms. The van der Waals surface area contributed by atoms with Crippen LogP contribution >= 0.6 is 11.3 Å². The Morgan fingerprint density at radius 3 is 0.358 bits per heavy atom. The highest BCUT2D eigenvalue weighted by Gasteiger charge is 2.27. The zero-order chi connectivity index (χ0) is 91.4. The van der Waals surface area contributed by atoms with Crippen molar-refractivity contribution < 1.29 is 0 Å². The predicted molar refractivity (Wildman–Crippen MR) is 578 cm³/mol. The third-order valence-corrected chi connectivity index (χ3v) is 27.2. The molecule has 22 rings (SSSR count). The average Bonchev–Trinajstić information content (AvgIpc) is 1.60. The molecule has 0 aliphatic carbocycles. The van der Waals surface area contributed by atoms with E-state index in [9.17, 15) is 0 Å². The van der Waals surface area contributed by atoms with E-state index in [-0.39, 0.29) is 0 Å². The zero-order valence-electron chi connectivity index (χ0n) is 75.4. The number of hydrogen-bond donors (Lipinski definition) is 0. The van der Waals surface area contributed by atoms with Crippen LogP contribution in [0.2, 0.25) is 0 Å². The second-order valence-corrected chi connectivity index (χ2v) is 35.4. The molecule has 2 heterocycles. The second kappa shape index (κ2) is 39.4. The Labute approximate surface area is 805 Å². The molecule has 0 fully saturated rings. The molecule has 0 saturated heterocycles. The standard InChI is InChI=1S/C134H92N2S/c1-13-37-101(38-14-1)121(102-39-15-2-16-40-102)125(109-53-29-9-30-54-109)113-77-61-93(62-78-113)97-69-85-117(86-70-97)129-130(118-87-71-98(72-88-118)94-63-79-114(80-64-94)126(110-55-31-10-32-56-110)122(103-41-17-3-18-42-103)104-43-19-4-20-44-104)136-132-131(135-129)133(119-89-73-99(74-90-119)95-65-81-115(82-66-95)127(111-57-33-11-34-58-111)123(105-45-21-5-22-46-105)106-47-23-6-24-48-106)137-134(132)120-91-75-100(76-92-120)96-67-83-116(84-68-96)128(112-59-35-12-36-60-112)124(107-49-25-7-26-50-107)108-51-27-8-28-52-108/h1-92H. The highest BCUT2D eigenvalue weighted by molar-refractivity contribution is 7.20. The number of thiophene rings is 1. The lowest BCUT2D eigenvalue weighted by Gasteiger charge is -2.18. The molecule has 0 aliphatic rings. The number of hydrogen-bond acceptors (Lipinski definition) is 3. The Morgan fingerprint density at radius 2 is 0.219 bits per heavy atom. The molecule has 0 radical (unpaired) electrons. The van der Waals surface area contributed by atoms with E-state index in [4.69, 9.17) is 9.97 Å². The van der Waals surface area contributed by atoms with Gasteiger partial charge in [0.2, 0.25) is 0 Å². The van der Waals surface area contributed by atoms with Gasteiger partial charge >= 0.3 is 0 Å². The fraction of sp³-hybridized carbons (Fsp3) is 0. The largest absolute Gasteiger partial charge is 0.242 e. The predicted octanol–water partition coefficient (Wildman–Crippen LogP) is 35.1. The van der Waals surface area contributed by atoms with E-state index < -0.39 is 0 Å². The molecule has 2 aromatic heterocycles. The molecule has 0 aliphatic heterocycles. The van der Waals surface area contributed by atoms with Crippen LogP contribution in [0.1, 0.15) is 89.0 Å². The number of rotatable bonds is 24. The summed E-state index contributed by atoms with van der Waals surface area (Å²) < 4.78 is 0. The van der Waals surface area contributed by atoms with Gasteiger partial charge in [-0.1, -0.05) is 558 Å². The zero-order valence-corrected chi connectivity index (χ0v) is 76.2. The van der Waals surface area contributed by atoms with Gasteiger partial charge in [-0.15, -0.1) is 11.3 Å². The van der Waals surface area contributed by atoms with Gasteiger partial charge in [-0.25, -0.2) is 9.97 Å². The van der Waals surface area contributed by atoms with Crippen LogP contribution in [0, 0.1) is 0 Å². The van der Waals surface area contributed by atoms with Gasteiger partial charge in [0.25, 0.3) is 0 Å². The molecule has 0 unspecified atom stereocenters. The molecule has 0 amide bonds. The van der Waals surface area contributed by atoms with Gasteiger partial charge < -0.3 is 0 Å². The molecule has 22 aromatic rings. The van der Waals surface area contributed by atoms with E-state index in [1.807, 2.05) is 0 Å². The van der Waals surface area contributed by atoms with Crippen molar-refractivity contribution >= 4 is 67.0 Å². The quantitative estimate of drug-likeness (QED) is 0.0564. The first-order chi connectivity index (χ1) is 68.0. The number of fused-ring (bicyclic) bond motifs is 1. The van der Waals surface area contributed by atoms with Gasteiger partial charge in [-0.05, 0) is 189 Å². The van der Waals surface area contributed by atoms with Crippen LogP contribution in [0.25, 0.3) is 144 Å². The van der Waals surface area contributed by atoms with Gasteiger partial charge in [0, 0.05) is 11.1 Å². The van der Waals surface area contributed by atoms with Gasteiger partial charge in [0.05, 0.1) is 21.1 Å². The maximum Gasteiger partial charge on any atom is 0.109 e. The molecule has 3 heteroatoms. The van der Waals surface area contributed by atoms with Gasteiger partial charge in [0.15, 0.2) is 0 Å². The third kappa shape index (κ3) is 18.0. The van der Waals surface area contributed by atoms with Gasteiger partial charge in [0.1, 0.15) is 11.0 Å². The molecule has 137 heavy (non-hydrogen) atoms. The van der Waals surface area contributed by atoms with Crippen LogP contribution in [0.5, 0.6) is 0 Å². The highest BCUT2D eigenvalue weighted by atomic mass is 32.1. The van der Waals surface area contributed by atoms with Crippen LogP contribution in [0.15, 0.2) is 558 Å². The number of benzene rings is 20. The maximum atomic E-state index is 6.04. The Hall–Kier alpha value is -17.6. The normalized spacial score (nSPS) is 11.1. The van der Waals surface area contributed by atoms with Crippen molar-refractivity contribution in [3.8, 4) is 87.9 Å². The maximum absolute atomic E-state index is 6.04. The van der Waals surface area contributed by atoms with Crippen molar-refractivity contribution in [3.05, 3.63) is 647 Å². The minimum absolute atomic E-state index is 0.786. The Balaban J connectivity index is 0.680. The van der Waals surface area contributed by atoms with Crippen LogP contribution in [-0.4, -0.2) is 9.97 Å². The molecule has 0 N–H and O–H groups in total.